The lowest BCUT2D eigenvalue weighted by Gasteiger charge is -2.10. The Hall–Kier alpha value is -1.85. The lowest BCUT2D eigenvalue weighted by Crippen LogP contribution is -2.13. The quantitative estimate of drug-likeness (QED) is 0.892. The predicted octanol–water partition coefficient (Wildman–Crippen LogP) is 3.10. The number of hydrogen-bond acceptors (Lipinski definition) is 3. The second-order valence-electron chi connectivity index (χ2n) is 4.90. The maximum Gasteiger partial charge on any atom is 0.261 e. The number of hydrogen-bond donors (Lipinski definition) is 2. The van der Waals surface area contributed by atoms with Crippen LogP contribution in [0.2, 0.25) is 0 Å². The van der Waals surface area contributed by atoms with E-state index in [1.165, 1.54) is 12.1 Å². The minimum Gasteiger partial charge on any atom is -0.389 e. The summed E-state index contributed by atoms with van der Waals surface area (Å²) in [6.07, 6.45) is 0.296. The molecule has 1 unspecified atom stereocenters. The van der Waals surface area contributed by atoms with Crippen molar-refractivity contribution < 1.29 is 13.5 Å². The van der Waals surface area contributed by atoms with E-state index in [0.29, 0.717) is 11.3 Å². The molecule has 0 saturated carbocycles. The third-order valence-electron chi connectivity index (χ3n) is 3.29. The molecule has 0 saturated heterocycles. The summed E-state index contributed by atoms with van der Waals surface area (Å²) in [5.41, 5.74) is 2.37. The second-order valence-corrected chi connectivity index (χ2v) is 6.58. The molecule has 0 radical (unpaired) electrons. The summed E-state index contributed by atoms with van der Waals surface area (Å²) >= 11 is 0. The van der Waals surface area contributed by atoms with Gasteiger partial charge in [-0.3, -0.25) is 4.72 Å². The Morgan fingerprint density at radius 2 is 1.62 bits per heavy atom. The Morgan fingerprint density at radius 3 is 2.10 bits per heavy atom. The van der Waals surface area contributed by atoms with Crippen LogP contribution in [-0.2, 0) is 16.4 Å². The highest BCUT2D eigenvalue weighted by Gasteiger charge is 2.14. The third kappa shape index (κ3) is 3.83. The Labute approximate surface area is 125 Å². The molecule has 0 aromatic heterocycles. The number of aliphatic hydroxyl groups excluding tert-OH is 1. The Morgan fingerprint density at radius 1 is 1.05 bits per heavy atom. The van der Waals surface area contributed by atoms with E-state index < -0.39 is 16.1 Å². The molecule has 1 atom stereocenters. The molecule has 112 valence electrons. The molecule has 21 heavy (non-hydrogen) atoms. The van der Waals surface area contributed by atoms with E-state index in [9.17, 15) is 13.5 Å². The van der Waals surface area contributed by atoms with Gasteiger partial charge in [-0.2, -0.15) is 0 Å². The summed E-state index contributed by atoms with van der Waals surface area (Å²) in [6, 6.07) is 13.5. The van der Waals surface area contributed by atoms with Gasteiger partial charge >= 0.3 is 0 Å². The van der Waals surface area contributed by atoms with E-state index in [1.807, 2.05) is 19.1 Å². The van der Waals surface area contributed by atoms with Crippen LogP contribution in [-0.4, -0.2) is 13.5 Å². The van der Waals surface area contributed by atoms with Gasteiger partial charge in [-0.25, -0.2) is 8.42 Å². The van der Waals surface area contributed by atoms with Crippen LogP contribution in [0.1, 0.15) is 31.1 Å². The molecule has 0 spiro atoms. The van der Waals surface area contributed by atoms with E-state index in [0.717, 1.165) is 12.0 Å². The molecule has 4 nitrogen and oxygen atoms in total. The first-order valence-corrected chi connectivity index (χ1v) is 8.30. The van der Waals surface area contributed by atoms with Crippen LogP contribution in [0.5, 0.6) is 0 Å². The topological polar surface area (TPSA) is 66.4 Å². The zero-order valence-corrected chi connectivity index (χ0v) is 12.9. The molecular formula is C16H19NO3S. The van der Waals surface area contributed by atoms with Crippen molar-refractivity contribution in [3.05, 3.63) is 59.7 Å². The summed E-state index contributed by atoms with van der Waals surface area (Å²) in [5, 5.41) is 9.44. The van der Waals surface area contributed by atoms with Crippen LogP contribution in [0.25, 0.3) is 0 Å². The van der Waals surface area contributed by atoms with Gasteiger partial charge in [-0.1, -0.05) is 31.2 Å². The van der Waals surface area contributed by atoms with Crippen molar-refractivity contribution in [1.82, 2.24) is 0 Å². The molecule has 0 aliphatic rings. The van der Waals surface area contributed by atoms with Gasteiger partial charge in [0.1, 0.15) is 0 Å². The Balaban J connectivity index is 2.20. The highest BCUT2D eigenvalue weighted by molar-refractivity contribution is 7.92. The maximum absolute atomic E-state index is 12.3. The van der Waals surface area contributed by atoms with Gasteiger partial charge < -0.3 is 5.11 Å². The van der Waals surface area contributed by atoms with Crippen LogP contribution >= 0.6 is 0 Å². The molecule has 0 heterocycles. The second kappa shape index (κ2) is 6.28. The summed E-state index contributed by atoms with van der Waals surface area (Å²) in [7, 11) is -3.61. The van der Waals surface area contributed by atoms with Gasteiger partial charge in [0.05, 0.1) is 11.0 Å². The van der Waals surface area contributed by atoms with Gasteiger partial charge in [0, 0.05) is 5.69 Å². The third-order valence-corrected chi connectivity index (χ3v) is 4.68. The van der Waals surface area contributed by atoms with E-state index >= 15 is 0 Å². The van der Waals surface area contributed by atoms with E-state index in [1.54, 1.807) is 31.2 Å². The molecule has 2 aromatic rings. The average Bonchev–Trinajstić information content (AvgIpc) is 2.48. The lowest BCUT2D eigenvalue weighted by atomic mass is 10.1. The minimum atomic E-state index is -3.61. The molecule has 0 aliphatic carbocycles. The van der Waals surface area contributed by atoms with Crippen LogP contribution in [0.3, 0.4) is 0 Å². The molecule has 0 amide bonds. The molecule has 2 N–H and O–H groups in total. The van der Waals surface area contributed by atoms with Crippen molar-refractivity contribution in [3.63, 3.8) is 0 Å². The standard InChI is InChI=1S/C16H19NO3S/c1-3-13-4-8-15(9-5-13)17-21(19,20)16-10-6-14(7-11-16)12(2)18/h4-12,17-18H,3H2,1-2H3. The van der Waals surface area contributed by atoms with Gasteiger partial charge in [0.25, 0.3) is 10.0 Å². The van der Waals surface area contributed by atoms with E-state index in [4.69, 9.17) is 0 Å². The zero-order chi connectivity index (χ0) is 15.5. The van der Waals surface area contributed by atoms with Crippen LogP contribution in [0, 0.1) is 0 Å². The Bertz CT molecular complexity index is 689. The van der Waals surface area contributed by atoms with Crippen molar-refractivity contribution in [1.29, 1.82) is 0 Å². The lowest BCUT2D eigenvalue weighted by molar-refractivity contribution is 0.199. The minimum absolute atomic E-state index is 0.173. The van der Waals surface area contributed by atoms with Crippen molar-refractivity contribution >= 4 is 15.7 Å². The number of nitrogens with one attached hydrogen (secondary N) is 1. The number of sulfonamides is 1. The largest absolute Gasteiger partial charge is 0.389 e. The Kier molecular flexibility index (Phi) is 4.65. The molecule has 0 aliphatic heterocycles. The predicted molar refractivity (Wildman–Crippen MR) is 83.7 cm³/mol. The smallest absolute Gasteiger partial charge is 0.261 e. The van der Waals surface area contributed by atoms with Gasteiger partial charge in [-0.05, 0) is 48.7 Å². The summed E-state index contributed by atoms with van der Waals surface area (Å²) in [6.45, 7) is 3.68. The number of anilines is 1. The fourth-order valence-electron chi connectivity index (χ4n) is 1.95. The summed E-state index contributed by atoms with van der Waals surface area (Å²) in [5.74, 6) is 0. The van der Waals surface area contributed by atoms with Gasteiger partial charge in [0.2, 0.25) is 0 Å². The fourth-order valence-corrected chi connectivity index (χ4v) is 3.01. The maximum atomic E-state index is 12.3. The summed E-state index contributed by atoms with van der Waals surface area (Å²) < 4.78 is 27.1. The highest BCUT2D eigenvalue weighted by Crippen LogP contribution is 2.19. The SMILES string of the molecule is CCc1ccc(NS(=O)(=O)c2ccc(C(C)O)cc2)cc1. The number of aliphatic hydroxyl groups is 1. The molecule has 0 fully saturated rings. The number of rotatable bonds is 5. The normalized spacial score (nSPS) is 12.9. The molecule has 5 heteroatoms. The van der Waals surface area contributed by atoms with Crippen LogP contribution < -0.4 is 4.72 Å². The van der Waals surface area contributed by atoms with Crippen molar-refractivity contribution in [3.8, 4) is 0 Å². The summed E-state index contributed by atoms with van der Waals surface area (Å²) in [4.78, 5) is 0.173. The molecule has 2 rings (SSSR count). The zero-order valence-electron chi connectivity index (χ0n) is 12.1. The van der Waals surface area contributed by atoms with Crippen LogP contribution in [0.15, 0.2) is 53.4 Å². The van der Waals surface area contributed by atoms with E-state index in [-0.39, 0.29) is 4.90 Å². The average molecular weight is 305 g/mol. The van der Waals surface area contributed by atoms with Gasteiger partial charge in [-0.15, -0.1) is 0 Å². The fraction of sp³-hybridized carbons (Fsp3) is 0.250. The first-order valence-electron chi connectivity index (χ1n) is 6.82. The van der Waals surface area contributed by atoms with E-state index in [2.05, 4.69) is 4.72 Å². The molecular weight excluding hydrogens is 286 g/mol. The van der Waals surface area contributed by atoms with Crippen LogP contribution in [0.4, 0.5) is 5.69 Å². The number of benzene rings is 2. The molecule has 0 bridgehead atoms. The monoisotopic (exact) mass is 305 g/mol. The molecule has 2 aromatic carbocycles. The first-order chi connectivity index (χ1) is 9.92. The highest BCUT2D eigenvalue weighted by atomic mass is 32.2. The number of aryl methyl sites for hydroxylation is 1. The van der Waals surface area contributed by atoms with Crippen molar-refractivity contribution in [2.75, 3.05) is 4.72 Å². The van der Waals surface area contributed by atoms with Crippen molar-refractivity contribution in [2.45, 2.75) is 31.3 Å². The first kappa shape index (κ1) is 15.5. The van der Waals surface area contributed by atoms with Crippen molar-refractivity contribution in [2.24, 2.45) is 0 Å². The van der Waals surface area contributed by atoms with Gasteiger partial charge in [0.15, 0.2) is 0 Å².